The molecule has 1 aliphatic rings. The third kappa shape index (κ3) is 7.10. The summed E-state index contributed by atoms with van der Waals surface area (Å²) in [5.74, 6) is 0. The van der Waals surface area contributed by atoms with Crippen molar-refractivity contribution in [2.24, 2.45) is 0 Å². The van der Waals surface area contributed by atoms with Crippen LogP contribution in [-0.2, 0) is 0 Å². The second-order valence-corrected chi connectivity index (χ2v) is 4.60. The van der Waals surface area contributed by atoms with Crippen molar-refractivity contribution in [2.45, 2.75) is 83.5 Å². The molecule has 0 atom stereocenters. The van der Waals surface area contributed by atoms with E-state index in [0.29, 0.717) is 0 Å². The Morgan fingerprint density at radius 2 is 0.231 bits per heavy atom. The topological polar surface area (TPSA) is 0 Å². The van der Waals surface area contributed by atoms with Crippen molar-refractivity contribution in [1.82, 2.24) is 0 Å². The molecule has 0 spiro atoms. The van der Waals surface area contributed by atoms with Gasteiger partial charge < -0.3 is 0 Å². The molecule has 0 nitrogen and oxygen atoms in total. The first kappa shape index (κ1) is 11.1. The predicted molar refractivity (Wildman–Crippen MR) is 60.0 cm³/mol. The van der Waals surface area contributed by atoms with Crippen LogP contribution in [0.15, 0.2) is 0 Å². The van der Waals surface area contributed by atoms with Crippen molar-refractivity contribution in [3.8, 4) is 0 Å². The molecule has 13 heavy (non-hydrogen) atoms. The summed E-state index contributed by atoms with van der Waals surface area (Å²) in [5.41, 5.74) is 0. The van der Waals surface area contributed by atoms with Crippen LogP contribution in [0.3, 0.4) is 0 Å². The molecule has 0 radical (unpaired) electrons. The van der Waals surface area contributed by atoms with E-state index in [1.165, 1.54) is 83.5 Å². The molecule has 0 aliphatic heterocycles. The SMILES string of the molecule is C1CCCCCCCCCCCC1. The Bertz CT molecular complexity index is 48.1. The lowest BCUT2D eigenvalue weighted by Gasteiger charge is -1.99. The molecule has 0 amide bonds. The fraction of sp³-hybridized carbons (Fsp3) is 1.00. The number of rotatable bonds is 0. The maximum atomic E-state index is 1.50. The van der Waals surface area contributed by atoms with Crippen LogP contribution in [0.4, 0.5) is 0 Å². The summed E-state index contributed by atoms with van der Waals surface area (Å²) in [6.45, 7) is 0. The van der Waals surface area contributed by atoms with Gasteiger partial charge in [0, 0.05) is 0 Å². The molecule has 1 fully saturated rings. The highest BCUT2D eigenvalue weighted by atomic mass is 14.0. The number of hydrogen-bond acceptors (Lipinski definition) is 0. The van der Waals surface area contributed by atoms with E-state index in [2.05, 4.69) is 0 Å². The Hall–Kier alpha value is 0. The zero-order valence-electron chi connectivity index (χ0n) is 9.19. The maximum absolute atomic E-state index is 1.50. The molecule has 0 aromatic carbocycles. The normalized spacial score (nSPS) is 24.0. The molecule has 78 valence electrons. The van der Waals surface area contributed by atoms with Gasteiger partial charge in [0.1, 0.15) is 0 Å². The highest BCUT2D eigenvalue weighted by Gasteiger charge is 1.96. The molecule has 0 N–H and O–H groups in total. The smallest absolute Gasteiger partial charge is 0.0533 e. The average molecular weight is 182 g/mol. The van der Waals surface area contributed by atoms with Gasteiger partial charge in [0.25, 0.3) is 0 Å². The van der Waals surface area contributed by atoms with Gasteiger partial charge in [-0.25, -0.2) is 0 Å². The van der Waals surface area contributed by atoms with Crippen LogP contribution >= 0.6 is 0 Å². The summed E-state index contributed by atoms with van der Waals surface area (Å²) < 4.78 is 0. The van der Waals surface area contributed by atoms with Crippen LogP contribution in [0.2, 0.25) is 0 Å². The average Bonchev–Trinajstić information content (AvgIpc) is 2.18. The molecule has 0 bridgehead atoms. The van der Waals surface area contributed by atoms with Gasteiger partial charge in [-0.2, -0.15) is 0 Å². The first-order chi connectivity index (χ1) is 6.50. The highest BCUT2D eigenvalue weighted by molar-refractivity contribution is 4.51. The zero-order valence-corrected chi connectivity index (χ0v) is 9.19. The van der Waals surface area contributed by atoms with Crippen LogP contribution in [0.25, 0.3) is 0 Å². The molecule has 1 aliphatic carbocycles. The minimum atomic E-state index is 1.50. The van der Waals surface area contributed by atoms with Gasteiger partial charge in [0.15, 0.2) is 0 Å². The van der Waals surface area contributed by atoms with Crippen LogP contribution in [0.1, 0.15) is 83.5 Å². The van der Waals surface area contributed by atoms with E-state index in [4.69, 9.17) is 0 Å². The summed E-state index contributed by atoms with van der Waals surface area (Å²) in [6.07, 6.45) is 19.5. The zero-order chi connectivity index (χ0) is 9.19. The van der Waals surface area contributed by atoms with Crippen LogP contribution in [0, 0.1) is 0 Å². The maximum Gasteiger partial charge on any atom is -0.0533 e. The highest BCUT2D eigenvalue weighted by Crippen LogP contribution is 2.15. The van der Waals surface area contributed by atoms with E-state index in [1.807, 2.05) is 0 Å². The van der Waals surface area contributed by atoms with Crippen molar-refractivity contribution >= 4 is 0 Å². The Morgan fingerprint density at radius 1 is 0.154 bits per heavy atom. The van der Waals surface area contributed by atoms with Gasteiger partial charge in [-0.1, -0.05) is 83.5 Å². The van der Waals surface area contributed by atoms with E-state index < -0.39 is 0 Å². The Labute approximate surface area is 84.1 Å². The standard InChI is InChI=1S/C13H26/c1-2-4-6-8-10-12-13-11-9-7-5-3-1/h1-13H2. The molecule has 1 saturated carbocycles. The minimum absolute atomic E-state index is 1.50. The summed E-state index contributed by atoms with van der Waals surface area (Å²) in [7, 11) is 0. The van der Waals surface area contributed by atoms with Crippen LogP contribution in [0.5, 0.6) is 0 Å². The fourth-order valence-corrected chi connectivity index (χ4v) is 2.30. The van der Waals surface area contributed by atoms with Gasteiger partial charge >= 0.3 is 0 Å². The lowest BCUT2D eigenvalue weighted by molar-refractivity contribution is 0.562. The number of hydrogen-bond donors (Lipinski definition) is 0. The van der Waals surface area contributed by atoms with Crippen molar-refractivity contribution in [2.75, 3.05) is 0 Å². The predicted octanol–water partition coefficient (Wildman–Crippen LogP) is 5.07. The van der Waals surface area contributed by atoms with Crippen molar-refractivity contribution in [3.63, 3.8) is 0 Å². The van der Waals surface area contributed by atoms with Gasteiger partial charge in [-0.15, -0.1) is 0 Å². The van der Waals surface area contributed by atoms with E-state index in [9.17, 15) is 0 Å². The molecule has 0 aromatic rings. The first-order valence-corrected chi connectivity index (χ1v) is 6.50. The van der Waals surface area contributed by atoms with Gasteiger partial charge in [0.2, 0.25) is 0 Å². The van der Waals surface area contributed by atoms with Crippen molar-refractivity contribution in [3.05, 3.63) is 0 Å². The van der Waals surface area contributed by atoms with Crippen LogP contribution in [-0.4, -0.2) is 0 Å². The van der Waals surface area contributed by atoms with Crippen LogP contribution < -0.4 is 0 Å². The molecule has 1 rings (SSSR count). The second kappa shape index (κ2) is 8.59. The molecule has 0 aromatic heterocycles. The lowest BCUT2D eigenvalue weighted by atomic mass is 10.1. The Morgan fingerprint density at radius 3 is 0.308 bits per heavy atom. The van der Waals surface area contributed by atoms with E-state index in [0.717, 1.165) is 0 Å². The molecular weight excluding hydrogens is 156 g/mol. The quantitative estimate of drug-likeness (QED) is 0.490. The molecule has 0 unspecified atom stereocenters. The summed E-state index contributed by atoms with van der Waals surface area (Å²) >= 11 is 0. The van der Waals surface area contributed by atoms with E-state index >= 15 is 0 Å². The lowest BCUT2D eigenvalue weighted by Crippen LogP contribution is -1.80. The van der Waals surface area contributed by atoms with Gasteiger partial charge in [-0.05, 0) is 0 Å². The molecule has 0 heterocycles. The monoisotopic (exact) mass is 182 g/mol. The summed E-state index contributed by atoms with van der Waals surface area (Å²) in [6, 6.07) is 0. The Balaban J connectivity index is 2.01. The molecule has 0 heteroatoms. The Kier molecular flexibility index (Phi) is 7.32. The molecular formula is C13H26. The third-order valence-electron chi connectivity index (χ3n) is 3.25. The largest absolute Gasteiger partial charge is 0.0533 e. The van der Waals surface area contributed by atoms with E-state index in [-0.39, 0.29) is 0 Å². The molecule has 0 saturated heterocycles. The van der Waals surface area contributed by atoms with Crippen molar-refractivity contribution < 1.29 is 0 Å². The minimum Gasteiger partial charge on any atom is -0.0533 e. The van der Waals surface area contributed by atoms with Gasteiger partial charge in [-0.3, -0.25) is 0 Å². The second-order valence-electron chi connectivity index (χ2n) is 4.60. The third-order valence-corrected chi connectivity index (χ3v) is 3.25. The fourth-order valence-electron chi connectivity index (χ4n) is 2.30. The van der Waals surface area contributed by atoms with Gasteiger partial charge in [0.05, 0.1) is 0 Å². The summed E-state index contributed by atoms with van der Waals surface area (Å²) in [5, 5.41) is 0. The first-order valence-electron chi connectivity index (χ1n) is 6.50. The summed E-state index contributed by atoms with van der Waals surface area (Å²) in [4.78, 5) is 0. The van der Waals surface area contributed by atoms with E-state index in [1.54, 1.807) is 0 Å². The van der Waals surface area contributed by atoms with Crippen molar-refractivity contribution in [1.29, 1.82) is 0 Å².